The summed E-state index contributed by atoms with van der Waals surface area (Å²) in [5.41, 5.74) is 0.403. The van der Waals surface area contributed by atoms with E-state index in [2.05, 4.69) is 10.1 Å². The van der Waals surface area contributed by atoms with E-state index in [1.165, 1.54) is 11.2 Å². The molecule has 5 heteroatoms. The summed E-state index contributed by atoms with van der Waals surface area (Å²) < 4.78 is 0. The first-order valence-corrected chi connectivity index (χ1v) is 7.24. The van der Waals surface area contributed by atoms with Crippen molar-refractivity contribution in [3.8, 4) is 0 Å². The molecule has 3 rings (SSSR count). The monoisotopic (exact) mass is 295 g/mol. The summed E-state index contributed by atoms with van der Waals surface area (Å²) >= 11 is 0. The Morgan fingerprint density at radius 1 is 1.27 bits per heavy atom. The third kappa shape index (κ3) is 2.40. The van der Waals surface area contributed by atoms with E-state index in [1.54, 1.807) is 30.5 Å². The van der Waals surface area contributed by atoms with Crippen LogP contribution in [0.15, 0.2) is 60.0 Å². The molecule has 5 nitrogen and oxygen atoms in total. The van der Waals surface area contributed by atoms with Crippen molar-refractivity contribution in [1.29, 1.82) is 0 Å². The molecule has 0 aliphatic carbocycles. The number of amides is 1. The topological polar surface area (TPSA) is 65.8 Å². The summed E-state index contributed by atoms with van der Waals surface area (Å²) in [5, 5.41) is 16.6. The van der Waals surface area contributed by atoms with E-state index < -0.39 is 5.72 Å². The maximum absolute atomic E-state index is 12.7. The lowest BCUT2D eigenvalue weighted by Crippen LogP contribution is -2.43. The Balaban J connectivity index is 2.02. The Kier molecular flexibility index (Phi) is 3.73. The molecule has 2 aromatic rings. The quantitative estimate of drug-likeness (QED) is 0.946. The van der Waals surface area contributed by atoms with Gasteiger partial charge in [0.2, 0.25) is 0 Å². The molecular formula is C17H17N3O2. The Bertz CT molecular complexity index is 700. The zero-order chi connectivity index (χ0) is 15.6. The van der Waals surface area contributed by atoms with Gasteiger partial charge in [0, 0.05) is 30.1 Å². The van der Waals surface area contributed by atoms with Crippen LogP contribution in [-0.2, 0) is 5.72 Å². The standard InChI is InChI=1S/C17H17N3O2/c1-2-15-11-17(22,14-8-4-3-5-9-14)20(19-15)16(21)13-7-6-10-18-12-13/h3-10,12,22H,2,11H2,1H3/t17-/m0/s1. The van der Waals surface area contributed by atoms with Gasteiger partial charge in [0.1, 0.15) is 0 Å². The number of hydrazone groups is 1. The van der Waals surface area contributed by atoms with Crippen molar-refractivity contribution >= 4 is 11.6 Å². The van der Waals surface area contributed by atoms with E-state index >= 15 is 0 Å². The lowest BCUT2D eigenvalue weighted by molar-refractivity contribution is -0.0765. The molecule has 1 aromatic carbocycles. The molecule has 1 atom stereocenters. The Morgan fingerprint density at radius 3 is 2.68 bits per heavy atom. The lowest BCUT2D eigenvalue weighted by atomic mass is 9.96. The highest BCUT2D eigenvalue weighted by Crippen LogP contribution is 2.36. The van der Waals surface area contributed by atoms with Crippen LogP contribution in [0.2, 0.25) is 0 Å². The molecule has 0 saturated carbocycles. The molecule has 2 heterocycles. The number of hydrogen-bond acceptors (Lipinski definition) is 4. The number of rotatable bonds is 3. The highest BCUT2D eigenvalue weighted by Gasteiger charge is 2.45. The molecule has 1 aromatic heterocycles. The minimum absolute atomic E-state index is 0.319. The van der Waals surface area contributed by atoms with Gasteiger partial charge in [0.15, 0.2) is 5.72 Å². The van der Waals surface area contributed by atoms with Crippen molar-refractivity contribution in [3.05, 3.63) is 66.0 Å². The molecule has 0 radical (unpaired) electrons. The summed E-state index contributed by atoms with van der Waals surface area (Å²) in [6.45, 7) is 1.96. The predicted octanol–water partition coefficient (Wildman–Crippen LogP) is 2.54. The average molecular weight is 295 g/mol. The van der Waals surface area contributed by atoms with Crippen LogP contribution in [0.4, 0.5) is 0 Å². The SMILES string of the molecule is CCC1=NN(C(=O)c2cccnc2)[C@@](O)(c2ccccc2)C1. The van der Waals surface area contributed by atoms with E-state index in [0.717, 1.165) is 5.71 Å². The summed E-state index contributed by atoms with van der Waals surface area (Å²) in [6.07, 6.45) is 4.09. The zero-order valence-electron chi connectivity index (χ0n) is 12.3. The van der Waals surface area contributed by atoms with Crippen LogP contribution in [0.3, 0.4) is 0 Å². The fourth-order valence-corrected chi connectivity index (χ4v) is 2.57. The van der Waals surface area contributed by atoms with Crippen LogP contribution in [0, 0.1) is 0 Å². The van der Waals surface area contributed by atoms with E-state index in [0.29, 0.717) is 24.0 Å². The van der Waals surface area contributed by atoms with Crippen molar-refractivity contribution in [2.24, 2.45) is 5.10 Å². The maximum Gasteiger partial charge on any atom is 0.278 e. The van der Waals surface area contributed by atoms with Gasteiger partial charge in [0.05, 0.1) is 5.56 Å². The second-order valence-electron chi connectivity index (χ2n) is 5.24. The van der Waals surface area contributed by atoms with Crippen LogP contribution in [0.1, 0.15) is 35.7 Å². The van der Waals surface area contributed by atoms with E-state index in [4.69, 9.17) is 0 Å². The number of aliphatic hydroxyl groups is 1. The summed E-state index contributed by atoms with van der Waals surface area (Å²) in [5.74, 6) is -0.358. The second-order valence-corrected chi connectivity index (χ2v) is 5.24. The van der Waals surface area contributed by atoms with E-state index in [-0.39, 0.29) is 5.91 Å². The summed E-state index contributed by atoms with van der Waals surface area (Å²) in [4.78, 5) is 16.7. The molecule has 0 fully saturated rings. The largest absolute Gasteiger partial charge is 0.365 e. The number of nitrogens with zero attached hydrogens (tertiary/aromatic N) is 3. The van der Waals surface area contributed by atoms with Gasteiger partial charge in [-0.3, -0.25) is 9.78 Å². The molecule has 0 unspecified atom stereocenters. The number of carbonyl (C=O) groups excluding carboxylic acids is 1. The fourth-order valence-electron chi connectivity index (χ4n) is 2.57. The van der Waals surface area contributed by atoms with Crippen molar-refractivity contribution in [2.45, 2.75) is 25.5 Å². The second kappa shape index (κ2) is 5.69. The maximum atomic E-state index is 12.7. The smallest absolute Gasteiger partial charge is 0.278 e. The van der Waals surface area contributed by atoms with Crippen LogP contribution in [-0.4, -0.2) is 26.7 Å². The third-order valence-corrected chi connectivity index (χ3v) is 3.79. The minimum Gasteiger partial charge on any atom is -0.365 e. The molecule has 0 bridgehead atoms. The molecule has 112 valence electrons. The van der Waals surface area contributed by atoms with Crippen molar-refractivity contribution < 1.29 is 9.90 Å². The minimum atomic E-state index is -1.44. The van der Waals surface area contributed by atoms with Crippen molar-refractivity contribution in [1.82, 2.24) is 9.99 Å². The number of pyridine rings is 1. The number of carbonyl (C=O) groups is 1. The highest BCUT2D eigenvalue weighted by molar-refractivity contribution is 5.98. The van der Waals surface area contributed by atoms with E-state index in [1.807, 2.05) is 25.1 Å². The fraction of sp³-hybridized carbons (Fsp3) is 0.235. The van der Waals surface area contributed by atoms with Gasteiger partial charge in [-0.15, -0.1) is 0 Å². The highest BCUT2D eigenvalue weighted by atomic mass is 16.3. The molecular weight excluding hydrogens is 278 g/mol. The van der Waals surface area contributed by atoms with Gasteiger partial charge in [-0.25, -0.2) is 0 Å². The van der Waals surface area contributed by atoms with Gasteiger partial charge in [-0.1, -0.05) is 37.3 Å². The predicted molar refractivity (Wildman–Crippen MR) is 83.1 cm³/mol. The van der Waals surface area contributed by atoms with Crippen molar-refractivity contribution in [3.63, 3.8) is 0 Å². The third-order valence-electron chi connectivity index (χ3n) is 3.79. The molecule has 22 heavy (non-hydrogen) atoms. The number of hydrogen-bond donors (Lipinski definition) is 1. The van der Waals surface area contributed by atoms with Gasteiger partial charge in [-0.05, 0) is 18.6 Å². The van der Waals surface area contributed by atoms with Crippen molar-refractivity contribution in [2.75, 3.05) is 0 Å². The summed E-state index contributed by atoms with van der Waals surface area (Å²) in [6, 6.07) is 12.5. The van der Waals surface area contributed by atoms with Crippen LogP contribution >= 0.6 is 0 Å². The normalized spacial score (nSPS) is 20.8. The Labute approximate surface area is 128 Å². The van der Waals surface area contributed by atoms with Crippen LogP contribution in [0.25, 0.3) is 0 Å². The van der Waals surface area contributed by atoms with Gasteiger partial charge in [-0.2, -0.15) is 10.1 Å². The molecule has 0 saturated heterocycles. The summed E-state index contributed by atoms with van der Waals surface area (Å²) in [7, 11) is 0. The Hall–Kier alpha value is -2.53. The zero-order valence-corrected chi connectivity index (χ0v) is 12.3. The molecule has 1 aliphatic rings. The first-order chi connectivity index (χ1) is 10.6. The molecule has 0 spiro atoms. The molecule has 1 amide bonds. The van der Waals surface area contributed by atoms with Gasteiger partial charge in [0.25, 0.3) is 5.91 Å². The van der Waals surface area contributed by atoms with Gasteiger partial charge >= 0.3 is 0 Å². The number of aromatic nitrogens is 1. The average Bonchev–Trinajstić information content (AvgIpc) is 2.94. The first-order valence-electron chi connectivity index (χ1n) is 7.24. The molecule has 1 aliphatic heterocycles. The Morgan fingerprint density at radius 2 is 2.05 bits per heavy atom. The number of benzene rings is 1. The van der Waals surface area contributed by atoms with Gasteiger partial charge < -0.3 is 5.11 Å². The first kappa shape index (κ1) is 14.4. The molecule has 1 N–H and O–H groups in total. The van der Waals surface area contributed by atoms with Crippen LogP contribution < -0.4 is 0 Å². The van der Waals surface area contributed by atoms with Crippen LogP contribution in [0.5, 0.6) is 0 Å². The lowest BCUT2D eigenvalue weighted by Gasteiger charge is -2.31. The van der Waals surface area contributed by atoms with E-state index in [9.17, 15) is 9.90 Å².